The van der Waals surface area contributed by atoms with Crippen LogP contribution in [0.5, 0.6) is 0 Å². The molecule has 2 fully saturated rings. The summed E-state index contributed by atoms with van der Waals surface area (Å²) in [5.41, 5.74) is 4.34. The summed E-state index contributed by atoms with van der Waals surface area (Å²) in [6.45, 7) is 6.82. The fraction of sp³-hybridized carbons (Fsp3) is 0.545. The fourth-order valence-electron chi connectivity index (χ4n) is 5.00. The third-order valence-electron chi connectivity index (χ3n) is 6.85. The molecule has 1 atom stereocenters. The van der Waals surface area contributed by atoms with Crippen molar-refractivity contribution >= 4 is 5.91 Å². The number of H-pyrrole nitrogens is 1. The van der Waals surface area contributed by atoms with E-state index in [0.29, 0.717) is 11.6 Å². The number of nitrogens with zero attached hydrogens (tertiary/aromatic N) is 3. The quantitative estimate of drug-likeness (QED) is 0.906. The maximum atomic E-state index is 13.0. The highest BCUT2D eigenvalue weighted by molar-refractivity contribution is 5.94. The number of likely N-dealkylation sites (tertiary alicyclic amines) is 2. The maximum Gasteiger partial charge on any atom is 0.274 e. The zero-order valence-corrected chi connectivity index (χ0v) is 16.7. The normalized spacial score (nSPS) is 22.5. The molecule has 1 aromatic carbocycles. The van der Waals surface area contributed by atoms with Crippen LogP contribution in [0.25, 0.3) is 0 Å². The van der Waals surface area contributed by atoms with E-state index in [0.717, 1.165) is 50.2 Å². The number of piperidine rings is 1. The number of amides is 1. The Labute approximate surface area is 161 Å². The van der Waals surface area contributed by atoms with Crippen LogP contribution in [0.3, 0.4) is 0 Å². The van der Waals surface area contributed by atoms with E-state index in [9.17, 15) is 4.79 Å². The van der Waals surface area contributed by atoms with Crippen molar-refractivity contribution in [3.05, 3.63) is 52.8 Å². The van der Waals surface area contributed by atoms with Crippen LogP contribution in [0.2, 0.25) is 0 Å². The van der Waals surface area contributed by atoms with Gasteiger partial charge in [-0.05, 0) is 51.1 Å². The van der Waals surface area contributed by atoms with E-state index >= 15 is 0 Å². The number of carbonyl (C=O) groups is 1. The van der Waals surface area contributed by atoms with Crippen molar-refractivity contribution in [1.29, 1.82) is 0 Å². The molecule has 0 bridgehead atoms. The van der Waals surface area contributed by atoms with Crippen LogP contribution < -0.4 is 0 Å². The van der Waals surface area contributed by atoms with E-state index in [4.69, 9.17) is 0 Å². The van der Waals surface area contributed by atoms with Gasteiger partial charge in [-0.15, -0.1) is 0 Å². The maximum absolute atomic E-state index is 13.0. The molecule has 0 radical (unpaired) electrons. The highest BCUT2D eigenvalue weighted by Gasteiger charge is 2.46. The number of nitrogens with one attached hydrogen (secondary N) is 1. The van der Waals surface area contributed by atoms with Crippen molar-refractivity contribution in [2.45, 2.75) is 51.0 Å². The highest BCUT2D eigenvalue weighted by Crippen LogP contribution is 2.44. The molecule has 27 heavy (non-hydrogen) atoms. The number of rotatable bonds is 3. The molecule has 1 N–H and O–H groups in total. The Morgan fingerprint density at radius 2 is 1.96 bits per heavy atom. The molecule has 2 aromatic rings. The fourth-order valence-corrected chi connectivity index (χ4v) is 5.00. The minimum atomic E-state index is 0.0820. The van der Waals surface area contributed by atoms with Gasteiger partial charge in [0.15, 0.2) is 5.69 Å². The first kappa shape index (κ1) is 18.2. The van der Waals surface area contributed by atoms with Crippen molar-refractivity contribution in [2.75, 3.05) is 26.7 Å². The summed E-state index contributed by atoms with van der Waals surface area (Å²) in [5, 5.41) is 7.31. The molecular weight excluding hydrogens is 336 g/mol. The molecular formula is C22H30N4O. The third kappa shape index (κ3) is 3.18. The molecule has 2 saturated heterocycles. The second kappa shape index (κ2) is 7.12. The molecule has 3 heterocycles. The molecule has 1 spiro atoms. The molecule has 2 aliphatic rings. The largest absolute Gasteiger partial charge is 0.337 e. The summed E-state index contributed by atoms with van der Waals surface area (Å²) in [6.07, 6.45) is 4.16. The summed E-state index contributed by atoms with van der Waals surface area (Å²) >= 11 is 0. The van der Waals surface area contributed by atoms with E-state index in [1.54, 1.807) is 0 Å². The van der Waals surface area contributed by atoms with Gasteiger partial charge in [-0.25, -0.2) is 0 Å². The van der Waals surface area contributed by atoms with E-state index in [1.165, 1.54) is 12.0 Å². The second-order valence-electron chi connectivity index (χ2n) is 8.24. The van der Waals surface area contributed by atoms with E-state index < -0.39 is 0 Å². The lowest BCUT2D eigenvalue weighted by Crippen LogP contribution is -2.52. The topological polar surface area (TPSA) is 52.2 Å². The molecule has 144 valence electrons. The zero-order chi connectivity index (χ0) is 19.0. The van der Waals surface area contributed by atoms with Gasteiger partial charge >= 0.3 is 0 Å². The van der Waals surface area contributed by atoms with Crippen molar-refractivity contribution in [2.24, 2.45) is 0 Å². The lowest BCUT2D eigenvalue weighted by molar-refractivity contribution is 0.0487. The first-order valence-corrected chi connectivity index (χ1v) is 10.1. The van der Waals surface area contributed by atoms with Gasteiger partial charge in [0, 0.05) is 36.4 Å². The van der Waals surface area contributed by atoms with Crippen LogP contribution in [0.15, 0.2) is 30.3 Å². The lowest BCUT2D eigenvalue weighted by atomic mass is 9.81. The summed E-state index contributed by atoms with van der Waals surface area (Å²) in [7, 11) is 2.26. The molecule has 5 nitrogen and oxygen atoms in total. The SMILES string of the molecule is CCc1[nH]nc(C(=O)N2CCC3(CC2)CC(c2ccccc2)CN3C)c1C. The van der Waals surface area contributed by atoms with Gasteiger partial charge in [-0.3, -0.25) is 14.8 Å². The first-order chi connectivity index (χ1) is 13.0. The van der Waals surface area contributed by atoms with Gasteiger partial charge in [0.05, 0.1) is 0 Å². The Morgan fingerprint density at radius 3 is 2.59 bits per heavy atom. The molecule has 0 aliphatic carbocycles. The van der Waals surface area contributed by atoms with Crippen LogP contribution in [-0.2, 0) is 6.42 Å². The van der Waals surface area contributed by atoms with Gasteiger partial charge in [0.1, 0.15) is 0 Å². The van der Waals surface area contributed by atoms with Gasteiger partial charge in [-0.2, -0.15) is 5.10 Å². The summed E-state index contributed by atoms with van der Waals surface area (Å²) in [6, 6.07) is 10.9. The van der Waals surface area contributed by atoms with Gasteiger partial charge < -0.3 is 4.90 Å². The Balaban J connectivity index is 1.44. The lowest BCUT2D eigenvalue weighted by Gasteiger charge is -2.43. The molecule has 1 unspecified atom stereocenters. The number of hydrogen-bond acceptors (Lipinski definition) is 3. The van der Waals surface area contributed by atoms with Crippen molar-refractivity contribution in [3.8, 4) is 0 Å². The Morgan fingerprint density at radius 1 is 1.26 bits per heavy atom. The van der Waals surface area contributed by atoms with E-state index in [2.05, 4.69) is 59.4 Å². The van der Waals surface area contributed by atoms with Crippen LogP contribution in [0.4, 0.5) is 0 Å². The molecule has 5 heteroatoms. The summed E-state index contributed by atoms with van der Waals surface area (Å²) < 4.78 is 0. The van der Waals surface area contributed by atoms with Crippen molar-refractivity contribution in [3.63, 3.8) is 0 Å². The van der Waals surface area contributed by atoms with Crippen LogP contribution in [-0.4, -0.2) is 58.1 Å². The smallest absolute Gasteiger partial charge is 0.274 e. The van der Waals surface area contributed by atoms with Gasteiger partial charge in [0.25, 0.3) is 5.91 Å². The minimum absolute atomic E-state index is 0.0820. The number of carbonyl (C=O) groups excluding carboxylic acids is 1. The molecule has 4 rings (SSSR count). The monoisotopic (exact) mass is 366 g/mol. The summed E-state index contributed by atoms with van der Waals surface area (Å²) in [4.78, 5) is 17.5. The van der Waals surface area contributed by atoms with E-state index in [-0.39, 0.29) is 11.4 Å². The Bertz CT molecular complexity index is 805. The number of aromatic amines is 1. The third-order valence-corrected chi connectivity index (χ3v) is 6.85. The number of aromatic nitrogens is 2. The zero-order valence-electron chi connectivity index (χ0n) is 16.7. The van der Waals surface area contributed by atoms with Crippen molar-refractivity contribution < 1.29 is 4.79 Å². The van der Waals surface area contributed by atoms with Gasteiger partial charge in [-0.1, -0.05) is 37.3 Å². The Hall–Kier alpha value is -2.14. The molecule has 2 aliphatic heterocycles. The van der Waals surface area contributed by atoms with Gasteiger partial charge in [0.2, 0.25) is 0 Å². The predicted molar refractivity (Wildman–Crippen MR) is 107 cm³/mol. The minimum Gasteiger partial charge on any atom is -0.337 e. The highest BCUT2D eigenvalue weighted by atomic mass is 16.2. The number of likely N-dealkylation sites (N-methyl/N-ethyl adjacent to an activating group) is 1. The Kier molecular flexibility index (Phi) is 4.81. The number of aryl methyl sites for hydroxylation is 1. The van der Waals surface area contributed by atoms with Crippen LogP contribution in [0, 0.1) is 6.92 Å². The second-order valence-corrected chi connectivity index (χ2v) is 8.24. The average Bonchev–Trinajstić information content (AvgIpc) is 3.23. The predicted octanol–water partition coefficient (Wildman–Crippen LogP) is 3.37. The van der Waals surface area contributed by atoms with Crippen LogP contribution in [0.1, 0.15) is 59.4 Å². The molecule has 0 saturated carbocycles. The van der Waals surface area contributed by atoms with Crippen molar-refractivity contribution in [1.82, 2.24) is 20.0 Å². The van der Waals surface area contributed by atoms with E-state index in [1.807, 2.05) is 11.8 Å². The average molecular weight is 367 g/mol. The molecule has 1 aromatic heterocycles. The van der Waals surface area contributed by atoms with Crippen LogP contribution >= 0.6 is 0 Å². The summed E-state index contributed by atoms with van der Waals surface area (Å²) in [5.74, 6) is 0.678. The molecule has 1 amide bonds. The number of benzene rings is 1. The first-order valence-electron chi connectivity index (χ1n) is 10.1. The standard InChI is InChI=1S/C22H30N4O/c1-4-19-16(2)20(24-23-19)21(27)26-12-10-22(11-13-26)14-18(15-25(22)3)17-8-6-5-7-9-17/h5-9,18H,4,10-15H2,1-3H3,(H,23,24). The number of hydrogen-bond donors (Lipinski definition) is 1.